The Morgan fingerprint density at radius 1 is 0.794 bits per heavy atom. The van der Waals surface area contributed by atoms with Crippen LogP contribution < -0.4 is 0 Å². The molecule has 3 aromatic carbocycles. The largest absolute Gasteiger partial charge is 0.501 e. The topological polar surface area (TPSA) is 38.9 Å². The third-order valence-electron chi connectivity index (χ3n) is 5.26. The number of hydrogen-bond acceptors (Lipinski definition) is 3. The molecule has 34 heavy (non-hydrogen) atoms. The number of nitrogens with zero attached hydrogens (tertiary/aromatic N) is 2. The molecule has 0 N–H and O–H groups in total. The second-order valence-electron chi connectivity index (χ2n) is 7.62. The zero-order chi connectivity index (χ0) is 25.1. The van der Waals surface area contributed by atoms with Crippen LogP contribution in [0.4, 0.5) is 0 Å². The van der Waals surface area contributed by atoms with Gasteiger partial charge in [0.15, 0.2) is 0 Å². The molecule has 0 saturated carbocycles. The molecule has 0 aliphatic rings. The van der Waals surface area contributed by atoms with Gasteiger partial charge in [0.2, 0.25) is 0 Å². The van der Waals surface area contributed by atoms with Gasteiger partial charge in [-0.15, -0.1) is 54.1 Å². The van der Waals surface area contributed by atoms with Gasteiger partial charge in [0, 0.05) is 42.0 Å². The maximum absolute atomic E-state index is 7.23. The molecule has 0 bridgehead atoms. The smallest absolute Gasteiger partial charge is 0.120 e. The van der Waals surface area contributed by atoms with Crippen LogP contribution in [0, 0.1) is 25.9 Å². The Morgan fingerprint density at radius 2 is 1.68 bits per heavy atom. The molecular formula is C30H22IrN2O-2. The van der Waals surface area contributed by atoms with Gasteiger partial charge in [0.25, 0.3) is 0 Å². The maximum atomic E-state index is 7.23. The minimum Gasteiger partial charge on any atom is -0.501 e. The van der Waals surface area contributed by atoms with Gasteiger partial charge < -0.3 is 14.4 Å². The van der Waals surface area contributed by atoms with E-state index < -0.39 is 6.85 Å². The van der Waals surface area contributed by atoms with Crippen LogP contribution in [0.15, 0.2) is 102 Å². The third kappa shape index (κ3) is 4.99. The fourth-order valence-electron chi connectivity index (χ4n) is 3.66. The molecule has 0 saturated heterocycles. The molecule has 0 aliphatic heterocycles. The monoisotopic (exact) mass is 622 g/mol. The van der Waals surface area contributed by atoms with E-state index in [1.54, 1.807) is 18.2 Å². The average molecular weight is 622 g/mol. The molecule has 0 fully saturated rings. The van der Waals surface area contributed by atoms with Crippen molar-refractivity contribution in [3.63, 3.8) is 0 Å². The Hall–Kier alpha value is -3.59. The zero-order valence-electron chi connectivity index (χ0n) is 21.4. The van der Waals surface area contributed by atoms with Gasteiger partial charge in [-0.05, 0) is 42.9 Å². The van der Waals surface area contributed by atoms with Crippen molar-refractivity contribution in [2.45, 2.75) is 13.8 Å². The van der Waals surface area contributed by atoms with E-state index >= 15 is 0 Å². The molecule has 0 amide bonds. The summed E-state index contributed by atoms with van der Waals surface area (Å²) >= 11 is 0. The van der Waals surface area contributed by atoms with E-state index in [2.05, 4.69) is 41.2 Å². The van der Waals surface area contributed by atoms with Gasteiger partial charge in [-0.1, -0.05) is 52.9 Å². The molecule has 6 aromatic rings. The van der Waals surface area contributed by atoms with Crippen LogP contribution in [0.1, 0.15) is 15.2 Å². The first-order valence-corrected chi connectivity index (χ1v) is 10.6. The fourth-order valence-corrected chi connectivity index (χ4v) is 3.66. The van der Waals surface area contributed by atoms with Crippen LogP contribution in [-0.4, -0.2) is 9.97 Å². The average Bonchev–Trinajstić information content (AvgIpc) is 3.28. The summed E-state index contributed by atoms with van der Waals surface area (Å²) in [5.74, 6) is 0. The van der Waals surface area contributed by atoms with E-state index in [0.29, 0.717) is 0 Å². The summed E-state index contributed by atoms with van der Waals surface area (Å²) in [7, 11) is 0. The molecule has 6 rings (SSSR count). The predicted molar refractivity (Wildman–Crippen MR) is 134 cm³/mol. The SMILES string of the molecule is Cc1ccnc(-c2[c-]ccc3c2oc2ccccc23)c1.[2H]C([2H])([2H])c1ccc(-c2[c-]cccc2)nc1.[Ir]. The number of rotatable bonds is 2. The van der Waals surface area contributed by atoms with Crippen molar-refractivity contribution in [3.8, 4) is 22.5 Å². The summed E-state index contributed by atoms with van der Waals surface area (Å²) in [5, 5.41) is 2.24. The molecule has 0 atom stereocenters. The van der Waals surface area contributed by atoms with E-state index in [1.807, 2.05) is 60.8 Å². The van der Waals surface area contributed by atoms with Crippen molar-refractivity contribution in [3.05, 3.63) is 121 Å². The van der Waals surface area contributed by atoms with Gasteiger partial charge in [0.1, 0.15) is 5.58 Å². The normalized spacial score (nSPS) is 12.1. The standard InChI is InChI=1S/C18H12NO.C12H10N.Ir/c1-12-9-10-19-16(11-12)15-7-4-6-14-13-5-2-3-8-17(13)20-18(14)15;1-10-7-8-12(13-9-10)11-5-3-2-4-6-11;/h2-6,8-11H,1H3;2-5,7-9H,1H3;/q2*-1;/i;1D3;. The molecule has 169 valence electrons. The van der Waals surface area contributed by atoms with Crippen LogP contribution in [0.2, 0.25) is 0 Å². The Balaban J connectivity index is 0.000000173. The predicted octanol–water partition coefficient (Wildman–Crippen LogP) is 7.61. The van der Waals surface area contributed by atoms with Crippen LogP contribution in [-0.2, 0) is 20.1 Å². The maximum Gasteiger partial charge on any atom is 0.120 e. The molecule has 3 nitrogen and oxygen atoms in total. The van der Waals surface area contributed by atoms with Crippen LogP contribution in [0.3, 0.4) is 0 Å². The first kappa shape index (κ1) is 19.8. The van der Waals surface area contributed by atoms with Gasteiger partial charge in [-0.2, -0.15) is 0 Å². The van der Waals surface area contributed by atoms with Gasteiger partial charge in [-0.3, -0.25) is 0 Å². The Bertz CT molecular complexity index is 1630. The summed E-state index contributed by atoms with van der Waals surface area (Å²) in [4.78, 5) is 8.56. The van der Waals surface area contributed by atoms with E-state index in [4.69, 9.17) is 8.53 Å². The minimum absolute atomic E-state index is 0. The molecular weight excluding hydrogens is 597 g/mol. The van der Waals surface area contributed by atoms with Crippen LogP contribution in [0.5, 0.6) is 0 Å². The number of aromatic nitrogens is 2. The molecule has 1 radical (unpaired) electrons. The fraction of sp³-hybridized carbons (Fsp3) is 0.0667. The van der Waals surface area contributed by atoms with Gasteiger partial charge in [-0.25, -0.2) is 0 Å². The number of benzene rings is 3. The van der Waals surface area contributed by atoms with E-state index in [1.165, 1.54) is 11.8 Å². The van der Waals surface area contributed by atoms with Crippen molar-refractivity contribution in [2.24, 2.45) is 0 Å². The van der Waals surface area contributed by atoms with Crippen molar-refractivity contribution in [2.75, 3.05) is 0 Å². The number of fused-ring (bicyclic) bond motifs is 3. The molecule has 0 aliphatic carbocycles. The minimum atomic E-state index is -2.09. The van der Waals surface area contributed by atoms with E-state index in [9.17, 15) is 0 Å². The number of furan rings is 1. The second-order valence-corrected chi connectivity index (χ2v) is 7.62. The van der Waals surface area contributed by atoms with Crippen LogP contribution >= 0.6 is 0 Å². The molecule has 0 unspecified atom stereocenters. The summed E-state index contributed by atoms with van der Waals surface area (Å²) in [5.41, 5.74) is 6.59. The van der Waals surface area contributed by atoms with Crippen molar-refractivity contribution in [1.82, 2.24) is 9.97 Å². The molecule has 3 aromatic heterocycles. The van der Waals surface area contributed by atoms with E-state index in [-0.39, 0.29) is 25.7 Å². The summed E-state index contributed by atoms with van der Waals surface area (Å²) in [6.07, 6.45) is 3.21. The Morgan fingerprint density at radius 3 is 2.44 bits per heavy atom. The zero-order valence-corrected chi connectivity index (χ0v) is 20.8. The number of hydrogen-bond donors (Lipinski definition) is 0. The van der Waals surface area contributed by atoms with Crippen LogP contribution in [0.25, 0.3) is 44.5 Å². The van der Waals surface area contributed by atoms with E-state index in [0.717, 1.165) is 44.5 Å². The summed E-state index contributed by atoms with van der Waals surface area (Å²) in [6.45, 7) is -0.0319. The first-order valence-electron chi connectivity index (χ1n) is 12.1. The summed E-state index contributed by atoms with van der Waals surface area (Å²) in [6, 6.07) is 33.1. The summed E-state index contributed by atoms with van der Waals surface area (Å²) < 4.78 is 27.7. The Labute approximate surface area is 217 Å². The third-order valence-corrected chi connectivity index (χ3v) is 5.26. The van der Waals surface area contributed by atoms with Crippen molar-refractivity contribution < 1.29 is 28.6 Å². The van der Waals surface area contributed by atoms with Crippen molar-refractivity contribution in [1.29, 1.82) is 0 Å². The van der Waals surface area contributed by atoms with Gasteiger partial charge in [0.05, 0.1) is 5.58 Å². The Kier molecular flexibility index (Phi) is 6.16. The quantitative estimate of drug-likeness (QED) is 0.187. The molecule has 3 heterocycles. The molecule has 0 spiro atoms. The number of aryl methyl sites for hydroxylation is 2. The van der Waals surface area contributed by atoms with Crippen molar-refractivity contribution >= 4 is 21.9 Å². The van der Waals surface area contributed by atoms with Gasteiger partial charge >= 0.3 is 0 Å². The molecule has 4 heteroatoms. The number of pyridine rings is 2. The number of para-hydroxylation sites is 1. The first-order chi connectivity index (χ1) is 17.4. The second kappa shape index (κ2) is 10.6.